The van der Waals surface area contributed by atoms with E-state index < -0.39 is 23.8 Å². The fraction of sp³-hybridized carbons (Fsp3) is 0.444. The summed E-state index contributed by atoms with van der Waals surface area (Å²) in [5, 5.41) is 19.1. The molecule has 2 aromatic rings. The van der Waals surface area contributed by atoms with Crippen molar-refractivity contribution in [3.05, 3.63) is 60.2 Å². The molecular formula is C27H32N4O5. The van der Waals surface area contributed by atoms with Crippen LogP contribution in [0.25, 0.3) is 0 Å². The number of hydroxylamine groups is 1. The lowest BCUT2D eigenvalue weighted by atomic mass is 9.68. The van der Waals surface area contributed by atoms with Crippen molar-refractivity contribution in [2.75, 3.05) is 42.5 Å². The molecule has 1 saturated carbocycles. The van der Waals surface area contributed by atoms with Crippen molar-refractivity contribution in [3.63, 3.8) is 0 Å². The van der Waals surface area contributed by atoms with Crippen molar-refractivity contribution in [2.24, 2.45) is 17.8 Å². The summed E-state index contributed by atoms with van der Waals surface area (Å²) in [6.07, 6.45) is 0.696. The number of piperazine rings is 1. The van der Waals surface area contributed by atoms with Crippen LogP contribution in [-0.2, 0) is 9.59 Å². The molecule has 2 aliphatic heterocycles. The second-order valence-electron chi connectivity index (χ2n) is 9.97. The molecule has 2 heterocycles. The first kappa shape index (κ1) is 24.1. The molecule has 0 spiro atoms. The maximum absolute atomic E-state index is 13.6. The van der Waals surface area contributed by atoms with Gasteiger partial charge >= 0.3 is 6.09 Å². The first-order valence-electron chi connectivity index (χ1n) is 12.6. The van der Waals surface area contributed by atoms with Gasteiger partial charge in [-0.25, -0.2) is 10.3 Å². The average Bonchev–Trinajstić information content (AvgIpc) is 3.33. The smallest absolute Gasteiger partial charge is 0.411 e. The Morgan fingerprint density at radius 1 is 0.861 bits per heavy atom. The highest BCUT2D eigenvalue weighted by molar-refractivity contribution is 5.90. The minimum absolute atomic E-state index is 0.0336. The van der Waals surface area contributed by atoms with E-state index in [1.54, 1.807) is 5.48 Å². The number of carbonyl (C=O) groups is 3. The second-order valence-corrected chi connectivity index (χ2v) is 9.97. The van der Waals surface area contributed by atoms with Crippen molar-refractivity contribution in [2.45, 2.75) is 25.2 Å². The number of fused-ring (bicyclic) bond motifs is 1. The van der Waals surface area contributed by atoms with Crippen molar-refractivity contribution >= 4 is 29.3 Å². The maximum atomic E-state index is 13.6. The van der Waals surface area contributed by atoms with Gasteiger partial charge in [-0.05, 0) is 48.9 Å². The quantitative estimate of drug-likeness (QED) is 0.446. The van der Waals surface area contributed by atoms with Crippen LogP contribution in [0.2, 0.25) is 0 Å². The number of carbonyl (C=O) groups excluding carboxylic acids is 2. The topological polar surface area (TPSA) is 113 Å². The van der Waals surface area contributed by atoms with Gasteiger partial charge in [0.2, 0.25) is 11.8 Å². The molecule has 9 heteroatoms. The zero-order valence-corrected chi connectivity index (χ0v) is 20.1. The minimum atomic E-state index is -0.992. The number of anilines is 2. The Labute approximate surface area is 210 Å². The standard InChI is InChI=1S/C27H32N4O5/c32-25(28-36)22-16-18(23-17-31(27(34)35)24-9-5-4-8-20(23)24)10-11-21(22)26(33)30-14-12-29(13-15-30)19-6-2-1-3-7-19/h1-9,18,21-23,36H,10-17H2,(H,28,32)(H,34,35)/t18-,21+,22?,23+/m1/s1. The van der Waals surface area contributed by atoms with E-state index in [9.17, 15) is 24.7 Å². The lowest BCUT2D eigenvalue weighted by molar-refractivity contribution is -0.148. The van der Waals surface area contributed by atoms with Gasteiger partial charge in [0.05, 0.1) is 11.6 Å². The highest BCUT2D eigenvalue weighted by Gasteiger charge is 2.45. The number of para-hydroxylation sites is 2. The van der Waals surface area contributed by atoms with Crippen LogP contribution in [0.5, 0.6) is 0 Å². The van der Waals surface area contributed by atoms with E-state index in [1.165, 1.54) is 4.90 Å². The van der Waals surface area contributed by atoms with E-state index in [-0.39, 0.29) is 17.7 Å². The van der Waals surface area contributed by atoms with E-state index in [1.807, 2.05) is 47.4 Å². The first-order chi connectivity index (χ1) is 17.5. The lowest BCUT2D eigenvalue weighted by Crippen LogP contribution is -2.53. The van der Waals surface area contributed by atoms with Gasteiger partial charge in [0, 0.05) is 50.2 Å². The molecule has 1 aliphatic carbocycles. The molecule has 0 bridgehead atoms. The molecule has 2 aromatic carbocycles. The van der Waals surface area contributed by atoms with Crippen molar-refractivity contribution in [3.8, 4) is 0 Å². The molecule has 5 rings (SSSR count). The van der Waals surface area contributed by atoms with Gasteiger partial charge in [0.1, 0.15) is 0 Å². The highest BCUT2D eigenvalue weighted by atomic mass is 16.5. The van der Waals surface area contributed by atoms with Crippen LogP contribution in [0.15, 0.2) is 54.6 Å². The van der Waals surface area contributed by atoms with Gasteiger partial charge in [-0.15, -0.1) is 0 Å². The molecule has 1 saturated heterocycles. The van der Waals surface area contributed by atoms with Crippen molar-refractivity contribution in [1.82, 2.24) is 10.4 Å². The third kappa shape index (κ3) is 4.51. The van der Waals surface area contributed by atoms with Crippen LogP contribution in [-0.4, -0.2) is 65.8 Å². The molecule has 0 aromatic heterocycles. The van der Waals surface area contributed by atoms with Gasteiger partial charge in [0.15, 0.2) is 0 Å². The number of benzene rings is 2. The zero-order valence-electron chi connectivity index (χ0n) is 20.1. The van der Waals surface area contributed by atoms with Gasteiger partial charge in [0.25, 0.3) is 0 Å². The Hall–Kier alpha value is -3.59. The van der Waals surface area contributed by atoms with E-state index in [4.69, 9.17) is 0 Å². The predicted molar refractivity (Wildman–Crippen MR) is 134 cm³/mol. The molecule has 4 atom stereocenters. The number of rotatable bonds is 4. The SMILES string of the molecule is O=C(NO)C1C[C@H]([C@@H]2CN(C(=O)O)c3ccccc32)CC[C@@H]1C(=O)N1CCN(c2ccccc2)CC1. The van der Waals surface area contributed by atoms with Crippen LogP contribution in [0.3, 0.4) is 0 Å². The van der Waals surface area contributed by atoms with Crippen LogP contribution in [0.1, 0.15) is 30.7 Å². The van der Waals surface area contributed by atoms with Crippen LogP contribution in [0, 0.1) is 17.8 Å². The Morgan fingerprint density at radius 3 is 2.25 bits per heavy atom. The normalized spacial score (nSPS) is 25.9. The summed E-state index contributed by atoms with van der Waals surface area (Å²) < 4.78 is 0. The molecule has 3 aliphatic rings. The Bertz CT molecular complexity index is 1120. The highest BCUT2D eigenvalue weighted by Crippen LogP contribution is 2.47. The zero-order chi connectivity index (χ0) is 25.2. The van der Waals surface area contributed by atoms with E-state index >= 15 is 0 Å². The number of amides is 3. The Kier molecular flexibility index (Phi) is 6.82. The summed E-state index contributed by atoms with van der Waals surface area (Å²) in [4.78, 5) is 43.6. The number of nitrogens with zero attached hydrogens (tertiary/aromatic N) is 3. The number of carboxylic acid groups (broad SMARTS) is 1. The molecule has 2 fully saturated rings. The number of nitrogens with one attached hydrogen (secondary N) is 1. The van der Waals surface area contributed by atoms with Gasteiger partial charge in [-0.3, -0.25) is 19.7 Å². The molecule has 36 heavy (non-hydrogen) atoms. The third-order valence-electron chi connectivity index (χ3n) is 8.17. The molecule has 0 radical (unpaired) electrons. The third-order valence-corrected chi connectivity index (χ3v) is 8.17. The summed E-state index contributed by atoms with van der Waals surface area (Å²) in [6, 6.07) is 17.6. The monoisotopic (exact) mass is 492 g/mol. The molecule has 190 valence electrons. The van der Waals surface area contributed by atoms with E-state index in [0.717, 1.165) is 30.8 Å². The van der Waals surface area contributed by atoms with E-state index in [2.05, 4.69) is 17.0 Å². The Balaban J connectivity index is 1.28. The number of hydrogen-bond donors (Lipinski definition) is 3. The average molecular weight is 493 g/mol. The summed E-state index contributed by atoms with van der Waals surface area (Å²) in [6.45, 7) is 2.97. The van der Waals surface area contributed by atoms with Crippen LogP contribution < -0.4 is 15.3 Å². The van der Waals surface area contributed by atoms with Gasteiger partial charge in [-0.1, -0.05) is 36.4 Å². The molecular weight excluding hydrogens is 460 g/mol. The minimum Gasteiger partial charge on any atom is -0.465 e. The van der Waals surface area contributed by atoms with Crippen LogP contribution in [0.4, 0.5) is 16.2 Å². The summed E-state index contributed by atoms with van der Waals surface area (Å²) >= 11 is 0. The van der Waals surface area contributed by atoms with Gasteiger partial charge < -0.3 is 14.9 Å². The van der Waals surface area contributed by atoms with Crippen molar-refractivity contribution < 1.29 is 24.7 Å². The lowest BCUT2D eigenvalue weighted by Gasteiger charge is -2.41. The molecule has 9 nitrogen and oxygen atoms in total. The second kappa shape index (κ2) is 10.2. The first-order valence-corrected chi connectivity index (χ1v) is 12.6. The van der Waals surface area contributed by atoms with Gasteiger partial charge in [-0.2, -0.15) is 0 Å². The van der Waals surface area contributed by atoms with Crippen molar-refractivity contribution in [1.29, 1.82) is 0 Å². The fourth-order valence-corrected chi connectivity index (χ4v) is 6.32. The largest absolute Gasteiger partial charge is 0.465 e. The molecule has 1 unspecified atom stereocenters. The summed E-state index contributed by atoms with van der Waals surface area (Å²) in [7, 11) is 0. The number of hydrogen-bond acceptors (Lipinski definition) is 5. The molecule has 3 N–H and O–H groups in total. The summed E-state index contributed by atoms with van der Waals surface area (Å²) in [5.74, 6) is -1.73. The predicted octanol–water partition coefficient (Wildman–Crippen LogP) is 3.15. The summed E-state index contributed by atoms with van der Waals surface area (Å²) in [5.41, 5.74) is 4.58. The Morgan fingerprint density at radius 2 is 1.56 bits per heavy atom. The van der Waals surface area contributed by atoms with Crippen LogP contribution >= 0.6 is 0 Å². The fourth-order valence-electron chi connectivity index (χ4n) is 6.32. The molecule has 3 amide bonds. The van der Waals surface area contributed by atoms with E-state index in [0.29, 0.717) is 38.2 Å². The maximum Gasteiger partial charge on any atom is 0.411 e.